The minimum absolute atomic E-state index is 0.0662. The van der Waals surface area contributed by atoms with Gasteiger partial charge in [-0.1, -0.05) is 66.8 Å². The Kier molecular flexibility index (Phi) is 9.05. The number of aryl methyl sites for hydroxylation is 1. The molecule has 0 fully saturated rings. The second-order valence-electron chi connectivity index (χ2n) is 8.10. The Morgan fingerprint density at radius 2 is 1.71 bits per heavy atom. The zero-order valence-electron chi connectivity index (χ0n) is 21.0. The molecule has 0 bridgehead atoms. The number of nitrogens with zero attached hydrogens (tertiary/aromatic N) is 3. The Hall–Kier alpha value is -4.68. The summed E-state index contributed by atoms with van der Waals surface area (Å²) in [4.78, 5) is 12.5. The Balaban J connectivity index is 1.36. The maximum atomic E-state index is 12.5. The predicted octanol–water partition coefficient (Wildman–Crippen LogP) is 5.81. The molecule has 1 heterocycles. The van der Waals surface area contributed by atoms with Gasteiger partial charge in [-0.25, -0.2) is 0 Å². The summed E-state index contributed by atoms with van der Waals surface area (Å²) in [5, 5.41) is 21.2. The van der Waals surface area contributed by atoms with Crippen LogP contribution in [0.15, 0.2) is 78.4 Å². The van der Waals surface area contributed by atoms with Crippen LogP contribution in [0.4, 0.5) is 5.13 Å². The van der Waals surface area contributed by atoms with Crippen LogP contribution in [-0.2, 0) is 24.4 Å². The number of rotatable bonds is 11. The van der Waals surface area contributed by atoms with Gasteiger partial charge in [0.25, 0.3) is 5.91 Å². The van der Waals surface area contributed by atoms with Crippen LogP contribution in [0.1, 0.15) is 28.6 Å². The van der Waals surface area contributed by atoms with Crippen molar-refractivity contribution < 1.29 is 19.0 Å². The SMILES string of the molecule is CCc1nnc(NC(=O)C(C#N)=Cc2ccc(OCc3ccc(OCc4ccccc4)cc3)c(OC)c2)s1. The summed E-state index contributed by atoms with van der Waals surface area (Å²) in [6.45, 7) is 2.79. The van der Waals surface area contributed by atoms with Crippen LogP contribution in [0.25, 0.3) is 6.08 Å². The van der Waals surface area contributed by atoms with Gasteiger partial charge in [0, 0.05) is 0 Å². The normalized spacial score (nSPS) is 10.9. The standard InChI is InChI=1S/C29H26N4O4S/c1-3-27-32-33-29(38-27)31-28(34)23(17-30)15-22-11-14-25(26(16-22)35-2)37-19-21-9-12-24(13-10-21)36-18-20-7-5-4-6-8-20/h4-16H,3,18-19H2,1-2H3,(H,31,33,34). The molecule has 0 aliphatic carbocycles. The minimum Gasteiger partial charge on any atom is -0.493 e. The molecular formula is C29H26N4O4S. The number of carbonyl (C=O) groups is 1. The van der Waals surface area contributed by atoms with Crippen LogP contribution < -0.4 is 19.5 Å². The first-order valence-electron chi connectivity index (χ1n) is 11.9. The van der Waals surface area contributed by atoms with E-state index >= 15 is 0 Å². The van der Waals surface area contributed by atoms with Crippen LogP contribution in [-0.4, -0.2) is 23.2 Å². The highest BCUT2D eigenvalue weighted by molar-refractivity contribution is 7.15. The number of nitriles is 1. The number of nitrogens with one attached hydrogen (secondary N) is 1. The molecule has 0 aliphatic rings. The lowest BCUT2D eigenvalue weighted by molar-refractivity contribution is -0.112. The molecule has 0 saturated heterocycles. The topological polar surface area (TPSA) is 106 Å². The summed E-state index contributed by atoms with van der Waals surface area (Å²) in [7, 11) is 1.53. The zero-order valence-corrected chi connectivity index (χ0v) is 21.8. The maximum Gasteiger partial charge on any atom is 0.268 e. The van der Waals surface area contributed by atoms with Gasteiger partial charge in [0.1, 0.15) is 35.6 Å². The molecule has 1 N–H and O–H groups in total. The molecule has 0 radical (unpaired) electrons. The van der Waals surface area contributed by atoms with Gasteiger partial charge < -0.3 is 14.2 Å². The largest absolute Gasteiger partial charge is 0.493 e. The molecule has 4 rings (SSSR count). The maximum absolute atomic E-state index is 12.5. The summed E-state index contributed by atoms with van der Waals surface area (Å²) in [6, 6.07) is 24.8. The van der Waals surface area contributed by atoms with Crippen molar-refractivity contribution in [1.82, 2.24) is 10.2 Å². The van der Waals surface area contributed by atoms with E-state index in [1.54, 1.807) is 18.2 Å². The van der Waals surface area contributed by atoms with E-state index in [0.29, 0.717) is 35.4 Å². The summed E-state index contributed by atoms with van der Waals surface area (Å²) in [6.07, 6.45) is 2.20. The zero-order chi connectivity index (χ0) is 26.7. The van der Waals surface area contributed by atoms with E-state index in [2.05, 4.69) is 15.5 Å². The quantitative estimate of drug-likeness (QED) is 0.194. The van der Waals surface area contributed by atoms with Crippen molar-refractivity contribution in [3.63, 3.8) is 0 Å². The number of hydrogen-bond acceptors (Lipinski definition) is 8. The highest BCUT2D eigenvalue weighted by Crippen LogP contribution is 2.30. The molecular weight excluding hydrogens is 500 g/mol. The van der Waals surface area contributed by atoms with Crippen molar-refractivity contribution >= 4 is 28.5 Å². The molecule has 192 valence electrons. The van der Waals surface area contributed by atoms with Gasteiger partial charge in [0.05, 0.1) is 7.11 Å². The van der Waals surface area contributed by atoms with Gasteiger partial charge in [-0.3, -0.25) is 10.1 Å². The summed E-state index contributed by atoms with van der Waals surface area (Å²) in [5.74, 6) is 1.25. The molecule has 4 aromatic rings. The van der Waals surface area contributed by atoms with Gasteiger partial charge >= 0.3 is 0 Å². The third-order valence-corrected chi connectivity index (χ3v) is 6.40. The lowest BCUT2D eigenvalue weighted by Gasteiger charge is -2.12. The minimum atomic E-state index is -0.554. The van der Waals surface area contributed by atoms with Crippen molar-refractivity contribution in [3.8, 4) is 23.3 Å². The summed E-state index contributed by atoms with van der Waals surface area (Å²) < 4.78 is 17.3. The van der Waals surface area contributed by atoms with E-state index in [0.717, 1.165) is 28.3 Å². The first kappa shape index (κ1) is 26.4. The molecule has 0 aliphatic heterocycles. The van der Waals surface area contributed by atoms with E-state index in [1.807, 2.05) is 67.6 Å². The monoisotopic (exact) mass is 526 g/mol. The Morgan fingerprint density at radius 1 is 0.974 bits per heavy atom. The van der Waals surface area contributed by atoms with Crippen LogP contribution in [0, 0.1) is 11.3 Å². The Labute approximate surface area is 225 Å². The van der Waals surface area contributed by atoms with E-state index in [-0.39, 0.29) is 5.57 Å². The van der Waals surface area contributed by atoms with Crippen LogP contribution in [0.5, 0.6) is 17.2 Å². The van der Waals surface area contributed by atoms with E-state index in [1.165, 1.54) is 24.5 Å². The molecule has 38 heavy (non-hydrogen) atoms. The van der Waals surface area contributed by atoms with E-state index in [9.17, 15) is 10.1 Å². The number of benzene rings is 3. The van der Waals surface area contributed by atoms with Crippen molar-refractivity contribution in [2.45, 2.75) is 26.6 Å². The average Bonchev–Trinajstić information content (AvgIpc) is 3.42. The van der Waals surface area contributed by atoms with Gasteiger partial charge in [-0.05, 0) is 53.5 Å². The number of carbonyl (C=O) groups excluding carboxylic acids is 1. The fourth-order valence-electron chi connectivity index (χ4n) is 3.40. The number of anilines is 1. The smallest absolute Gasteiger partial charge is 0.268 e. The van der Waals surface area contributed by atoms with Crippen LogP contribution in [0.2, 0.25) is 0 Å². The third kappa shape index (κ3) is 7.18. The third-order valence-electron chi connectivity index (χ3n) is 5.42. The lowest BCUT2D eigenvalue weighted by Crippen LogP contribution is -2.13. The number of aromatic nitrogens is 2. The molecule has 0 spiro atoms. The average molecular weight is 527 g/mol. The fraction of sp³-hybridized carbons (Fsp3) is 0.172. The highest BCUT2D eigenvalue weighted by atomic mass is 32.1. The Bertz CT molecular complexity index is 1440. The summed E-state index contributed by atoms with van der Waals surface area (Å²) >= 11 is 1.27. The molecule has 8 nitrogen and oxygen atoms in total. The molecule has 9 heteroatoms. The van der Waals surface area contributed by atoms with Crippen LogP contribution in [0.3, 0.4) is 0 Å². The molecule has 0 atom stereocenters. The highest BCUT2D eigenvalue weighted by Gasteiger charge is 2.14. The molecule has 1 aromatic heterocycles. The second-order valence-corrected chi connectivity index (χ2v) is 9.16. The van der Waals surface area contributed by atoms with E-state index in [4.69, 9.17) is 14.2 Å². The van der Waals surface area contributed by atoms with Gasteiger partial charge in [-0.15, -0.1) is 10.2 Å². The van der Waals surface area contributed by atoms with Crippen molar-refractivity contribution in [1.29, 1.82) is 5.26 Å². The fourth-order valence-corrected chi connectivity index (χ4v) is 4.08. The molecule has 3 aromatic carbocycles. The van der Waals surface area contributed by atoms with Crippen molar-refractivity contribution in [2.24, 2.45) is 0 Å². The van der Waals surface area contributed by atoms with Crippen molar-refractivity contribution in [2.75, 3.05) is 12.4 Å². The molecule has 0 saturated carbocycles. The predicted molar refractivity (Wildman–Crippen MR) is 146 cm³/mol. The van der Waals surface area contributed by atoms with Gasteiger partial charge in [0.15, 0.2) is 11.5 Å². The first-order chi connectivity index (χ1) is 18.6. The van der Waals surface area contributed by atoms with Gasteiger partial charge in [-0.2, -0.15) is 5.26 Å². The number of ether oxygens (including phenoxy) is 3. The first-order valence-corrected chi connectivity index (χ1v) is 12.7. The summed E-state index contributed by atoms with van der Waals surface area (Å²) in [5.41, 5.74) is 2.63. The lowest BCUT2D eigenvalue weighted by atomic mass is 10.1. The molecule has 1 amide bonds. The molecule has 0 unspecified atom stereocenters. The number of amides is 1. The van der Waals surface area contributed by atoms with Crippen molar-refractivity contribution in [3.05, 3.63) is 100 Å². The van der Waals surface area contributed by atoms with E-state index < -0.39 is 5.91 Å². The second kappa shape index (κ2) is 13.0. The number of hydrogen-bond donors (Lipinski definition) is 1. The van der Waals surface area contributed by atoms with Crippen LogP contribution >= 0.6 is 11.3 Å². The van der Waals surface area contributed by atoms with Gasteiger partial charge in [0.2, 0.25) is 5.13 Å². The Morgan fingerprint density at radius 3 is 2.39 bits per heavy atom. The number of methoxy groups -OCH3 is 1.